The fourth-order valence-electron chi connectivity index (χ4n) is 5.00. The van der Waals surface area contributed by atoms with E-state index in [1.807, 2.05) is 23.5 Å². The van der Waals surface area contributed by atoms with Gasteiger partial charge in [0.1, 0.15) is 5.76 Å². The van der Waals surface area contributed by atoms with Crippen molar-refractivity contribution in [3.8, 4) is 0 Å². The number of halogens is 2. The van der Waals surface area contributed by atoms with Crippen molar-refractivity contribution >= 4 is 34.5 Å². The average Bonchev–Trinajstić information content (AvgIpc) is 3.38. The van der Waals surface area contributed by atoms with E-state index in [-0.39, 0.29) is 17.6 Å². The quantitative estimate of drug-likeness (QED) is 0.460. The lowest BCUT2D eigenvalue weighted by Gasteiger charge is -2.35. The summed E-state index contributed by atoms with van der Waals surface area (Å²) < 4.78 is 31.4. The molecular weight excluding hydrogens is 520 g/mol. The molecule has 1 aromatic carbocycles. The number of allylic oxidation sites excluding steroid dienone is 4. The van der Waals surface area contributed by atoms with Gasteiger partial charge < -0.3 is 25.6 Å². The molecule has 40 heavy (non-hydrogen) atoms. The number of hydrogen-bond donors (Lipinski definition) is 2. The van der Waals surface area contributed by atoms with Crippen molar-refractivity contribution in [2.45, 2.75) is 39.3 Å². The number of benzene rings is 1. The first-order valence-electron chi connectivity index (χ1n) is 13.1. The third kappa shape index (κ3) is 5.67. The zero-order chi connectivity index (χ0) is 28.4. The molecule has 1 saturated heterocycles. The first-order valence-corrected chi connectivity index (χ1v) is 13.1. The Morgan fingerprint density at radius 2 is 1.82 bits per heavy atom. The van der Waals surface area contributed by atoms with Crippen LogP contribution in [-0.2, 0) is 9.53 Å². The van der Waals surface area contributed by atoms with E-state index in [4.69, 9.17) is 5.73 Å². The van der Waals surface area contributed by atoms with Gasteiger partial charge in [-0.25, -0.2) is 9.97 Å². The summed E-state index contributed by atoms with van der Waals surface area (Å²) >= 11 is 0. The Labute approximate surface area is 230 Å². The number of nitrogens with one attached hydrogen (secondary N) is 1. The van der Waals surface area contributed by atoms with Crippen LogP contribution >= 0.6 is 0 Å². The summed E-state index contributed by atoms with van der Waals surface area (Å²) in [6.07, 6.45) is 9.45. The number of nitrogens with zero attached hydrogens (tertiary/aromatic N) is 5. The fourth-order valence-corrected chi connectivity index (χ4v) is 5.00. The maximum atomic E-state index is 13.2. The Balaban J connectivity index is 1.29. The molecule has 3 N–H and O–H groups in total. The van der Waals surface area contributed by atoms with E-state index >= 15 is 0 Å². The largest absolute Gasteiger partial charge is 0.439 e. The summed E-state index contributed by atoms with van der Waals surface area (Å²) in [5.41, 5.74) is 10.3. The number of nitrogens with two attached hydrogens (primary N) is 1. The summed E-state index contributed by atoms with van der Waals surface area (Å²) in [5.74, 6) is 0.614. The smallest absolute Gasteiger partial charge is 0.387 e. The molecule has 0 bridgehead atoms. The van der Waals surface area contributed by atoms with Crippen molar-refractivity contribution in [1.29, 1.82) is 0 Å². The van der Waals surface area contributed by atoms with Gasteiger partial charge in [0.05, 0.1) is 17.9 Å². The predicted molar refractivity (Wildman–Crippen MR) is 146 cm³/mol. The third-order valence-corrected chi connectivity index (χ3v) is 7.10. The number of alkyl halides is 2. The number of piperazine rings is 1. The van der Waals surface area contributed by atoms with Crippen LogP contribution in [0.25, 0.3) is 11.2 Å². The van der Waals surface area contributed by atoms with E-state index in [2.05, 4.69) is 20.0 Å². The lowest BCUT2D eigenvalue weighted by Crippen LogP contribution is -2.53. The molecule has 0 radical (unpaired) electrons. The Morgan fingerprint density at radius 3 is 2.48 bits per heavy atom. The predicted octanol–water partition coefficient (Wildman–Crippen LogP) is 3.71. The minimum Gasteiger partial charge on any atom is -0.439 e. The van der Waals surface area contributed by atoms with E-state index < -0.39 is 12.7 Å². The molecule has 0 spiro atoms. The van der Waals surface area contributed by atoms with E-state index in [1.165, 1.54) is 0 Å². The lowest BCUT2D eigenvalue weighted by molar-refractivity contribution is -0.133. The molecule has 210 valence electrons. The molecule has 12 heteroatoms. The first kappa shape index (κ1) is 27.3. The van der Waals surface area contributed by atoms with Crippen LogP contribution in [0.15, 0.2) is 54.7 Å². The second-order valence-electron chi connectivity index (χ2n) is 9.88. The van der Waals surface area contributed by atoms with Crippen LogP contribution in [0.4, 0.5) is 20.3 Å². The molecule has 2 amide bonds. The molecule has 2 aromatic heterocycles. The zero-order valence-corrected chi connectivity index (χ0v) is 22.3. The van der Waals surface area contributed by atoms with Crippen molar-refractivity contribution in [3.63, 3.8) is 0 Å². The topological polar surface area (TPSA) is 118 Å². The van der Waals surface area contributed by atoms with Crippen LogP contribution in [0.5, 0.6) is 0 Å². The normalized spacial score (nSPS) is 16.6. The molecule has 3 aromatic rings. The zero-order valence-electron chi connectivity index (χ0n) is 22.3. The SMILES string of the molecule is Cc1cc(Nc2nccn3c(C4=CC=C(OC(F)F)CC4)cnc23)ccc1C(=O)N1CCN(C(=O)[C@H](C)N)CC1. The third-order valence-electron chi connectivity index (χ3n) is 7.10. The highest BCUT2D eigenvalue weighted by Crippen LogP contribution is 2.30. The number of imidazole rings is 1. The van der Waals surface area contributed by atoms with Gasteiger partial charge in [-0.15, -0.1) is 0 Å². The van der Waals surface area contributed by atoms with Crippen LogP contribution < -0.4 is 11.1 Å². The van der Waals surface area contributed by atoms with Crippen molar-refractivity contribution in [3.05, 3.63) is 71.5 Å². The van der Waals surface area contributed by atoms with E-state index in [0.717, 1.165) is 22.5 Å². The van der Waals surface area contributed by atoms with E-state index in [1.54, 1.807) is 53.5 Å². The number of rotatable bonds is 7. The molecule has 0 saturated carbocycles. The van der Waals surface area contributed by atoms with Crippen molar-refractivity contribution < 1.29 is 23.1 Å². The number of fused-ring (bicyclic) bond motifs is 1. The van der Waals surface area contributed by atoms with E-state index in [9.17, 15) is 18.4 Å². The van der Waals surface area contributed by atoms with Crippen LogP contribution in [0.1, 0.15) is 41.4 Å². The molecule has 10 nitrogen and oxygen atoms in total. The van der Waals surface area contributed by atoms with Crippen LogP contribution in [-0.4, -0.2) is 74.8 Å². The first-order chi connectivity index (χ1) is 19.2. The number of amides is 2. The second kappa shape index (κ2) is 11.4. The highest BCUT2D eigenvalue weighted by atomic mass is 19.3. The summed E-state index contributed by atoms with van der Waals surface area (Å²) in [4.78, 5) is 37.8. The average molecular weight is 552 g/mol. The summed E-state index contributed by atoms with van der Waals surface area (Å²) in [7, 11) is 0. The Kier molecular flexibility index (Phi) is 7.78. The minimum atomic E-state index is -2.83. The molecule has 1 aliphatic carbocycles. The van der Waals surface area contributed by atoms with Gasteiger partial charge in [-0.05, 0) is 55.7 Å². The van der Waals surface area contributed by atoms with Gasteiger partial charge in [0.15, 0.2) is 11.5 Å². The van der Waals surface area contributed by atoms with E-state index in [0.29, 0.717) is 56.0 Å². The van der Waals surface area contributed by atoms with Gasteiger partial charge >= 0.3 is 6.61 Å². The van der Waals surface area contributed by atoms with Gasteiger partial charge in [-0.2, -0.15) is 8.78 Å². The standard InChI is InChI=1S/C28H31F2N7O3/c1-17-15-20(5-8-22(17)27(39)36-13-11-35(12-14-36)26(38)18(2)31)34-24-25-33-16-23(37(25)10-9-32-24)19-3-6-21(7-4-19)40-28(29)30/h3,5-6,8-10,15-16,18,28H,4,7,11-14,31H2,1-2H3,(H,32,34)/t18-/m0/s1. The lowest BCUT2D eigenvalue weighted by atomic mass is 10.0. The number of hydrogen-bond acceptors (Lipinski definition) is 7. The molecule has 5 rings (SSSR count). The highest BCUT2D eigenvalue weighted by Gasteiger charge is 2.27. The van der Waals surface area contributed by atoms with Gasteiger partial charge in [-0.1, -0.05) is 6.08 Å². The van der Waals surface area contributed by atoms with Gasteiger partial charge in [0.25, 0.3) is 5.91 Å². The van der Waals surface area contributed by atoms with Crippen LogP contribution in [0.3, 0.4) is 0 Å². The van der Waals surface area contributed by atoms with Crippen LogP contribution in [0.2, 0.25) is 0 Å². The Hall–Kier alpha value is -4.32. The van der Waals surface area contributed by atoms with Crippen molar-refractivity contribution in [2.75, 3.05) is 31.5 Å². The monoisotopic (exact) mass is 551 g/mol. The number of aromatic nitrogens is 3. The number of aryl methyl sites for hydroxylation is 1. The number of carbonyl (C=O) groups excluding carboxylic acids is 2. The van der Waals surface area contributed by atoms with Crippen molar-refractivity contribution in [1.82, 2.24) is 24.2 Å². The summed E-state index contributed by atoms with van der Waals surface area (Å²) in [6, 6.07) is 4.94. The van der Waals surface area contributed by atoms with Gasteiger partial charge in [0, 0.05) is 56.2 Å². The second-order valence-corrected chi connectivity index (χ2v) is 9.88. The highest BCUT2D eigenvalue weighted by molar-refractivity contribution is 5.96. The van der Waals surface area contributed by atoms with Crippen LogP contribution in [0, 0.1) is 6.92 Å². The maximum Gasteiger partial charge on any atom is 0.387 e. The molecule has 0 unspecified atom stereocenters. The number of ether oxygens (including phenoxy) is 1. The maximum absolute atomic E-state index is 13.2. The molecular formula is C28H31F2N7O3. The summed E-state index contributed by atoms with van der Waals surface area (Å²) in [5, 5.41) is 3.30. The van der Waals surface area contributed by atoms with Gasteiger partial charge in [0.2, 0.25) is 5.91 Å². The molecule has 2 aliphatic rings. The fraction of sp³-hybridized carbons (Fsp3) is 0.357. The molecule has 3 heterocycles. The number of carbonyl (C=O) groups is 2. The summed E-state index contributed by atoms with van der Waals surface area (Å²) in [6.45, 7) is 2.55. The Morgan fingerprint density at radius 1 is 1.07 bits per heavy atom. The molecule has 1 fully saturated rings. The Bertz CT molecular complexity index is 1490. The van der Waals surface area contributed by atoms with Crippen molar-refractivity contribution in [2.24, 2.45) is 5.73 Å². The molecule has 1 atom stereocenters. The number of anilines is 2. The van der Waals surface area contributed by atoms with Gasteiger partial charge in [-0.3, -0.25) is 14.0 Å². The molecule has 1 aliphatic heterocycles. The minimum absolute atomic E-state index is 0.0769.